The van der Waals surface area contributed by atoms with Crippen LogP contribution in [0.5, 0.6) is 0 Å². The molecule has 0 saturated carbocycles. The number of hydrogen-bond donors (Lipinski definition) is 2. The number of nitrogens with zero attached hydrogens (tertiary/aromatic N) is 3. The van der Waals surface area contributed by atoms with E-state index in [1.165, 1.54) is 0 Å². The van der Waals surface area contributed by atoms with Crippen LogP contribution in [-0.4, -0.2) is 20.4 Å². The van der Waals surface area contributed by atoms with Crippen molar-refractivity contribution in [3.63, 3.8) is 0 Å². The first-order valence-corrected chi connectivity index (χ1v) is 4.36. The Kier molecular flexibility index (Phi) is 1.49. The highest BCUT2D eigenvalue weighted by Crippen LogP contribution is 2.22. The lowest BCUT2D eigenvalue weighted by Crippen LogP contribution is -1.88. The maximum absolute atomic E-state index is 5.66. The third kappa shape index (κ3) is 1.15. The smallest absolute Gasteiger partial charge is 0.180 e. The Morgan fingerprint density at radius 2 is 2.27 bits per heavy atom. The van der Waals surface area contributed by atoms with Crippen LogP contribution in [0.1, 0.15) is 0 Å². The third-order valence-corrected chi connectivity index (χ3v) is 2.13. The fraction of sp³-hybridized carbons (Fsp3) is 0. The topological polar surface area (TPSA) is 93.6 Å². The number of H-pyrrole nitrogens is 1. The highest BCUT2D eigenvalue weighted by Gasteiger charge is 2.08. The van der Waals surface area contributed by atoms with Gasteiger partial charge in [0.05, 0.1) is 11.6 Å². The molecular weight excluding hydrogens is 194 g/mol. The molecule has 0 aromatic carbocycles. The molecule has 0 aliphatic carbocycles. The monoisotopic (exact) mass is 201 g/mol. The summed E-state index contributed by atoms with van der Waals surface area (Å²) in [5, 5.41) is 15.2. The van der Waals surface area contributed by atoms with Crippen LogP contribution in [0, 0.1) is 0 Å². The Morgan fingerprint density at radius 3 is 3.07 bits per heavy atom. The van der Waals surface area contributed by atoms with Crippen molar-refractivity contribution in [2.45, 2.75) is 0 Å². The molecule has 0 unspecified atom stereocenters. The number of anilines is 1. The van der Waals surface area contributed by atoms with Crippen LogP contribution >= 0.6 is 0 Å². The van der Waals surface area contributed by atoms with Crippen molar-refractivity contribution in [3.05, 3.63) is 24.5 Å². The van der Waals surface area contributed by atoms with E-state index < -0.39 is 0 Å². The predicted octanol–water partition coefficient (Wildman–Crippen LogP) is 1.20. The summed E-state index contributed by atoms with van der Waals surface area (Å²) in [6, 6.07) is 5.39. The molecule has 0 spiro atoms. The summed E-state index contributed by atoms with van der Waals surface area (Å²) >= 11 is 0. The lowest BCUT2D eigenvalue weighted by Gasteiger charge is -1.94. The molecule has 0 atom stereocenters. The second kappa shape index (κ2) is 2.81. The van der Waals surface area contributed by atoms with Gasteiger partial charge in [-0.05, 0) is 18.2 Å². The molecule has 0 radical (unpaired) electrons. The van der Waals surface area contributed by atoms with Crippen LogP contribution < -0.4 is 5.73 Å². The number of aromatic amines is 1. The van der Waals surface area contributed by atoms with Gasteiger partial charge in [0.25, 0.3) is 0 Å². The molecule has 0 bridgehead atoms. The average Bonchev–Trinajstić information content (AvgIpc) is 2.88. The molecule has 0 saturated heterocycles. The average molecular weight is 201 g/mol. The molecule has 3 heterocycles. The van der Waals surface area contributed by atoms with Gasteiger partial charge in [-0.3, -0.25) is 5.10 Å². The van der Waals surface area contributed by atoms with E-state index in [4.69, 9.17) is 10.2 Å². The molecule has 0 amide bonds. The van der Waals surface area contributed by atoms with Crippen LogP contribution in [0.4, 0.5) is 5.82 Å². The van der Waals surface area contributed by atoms with Gasteiger partial charge in [0.1, 0.15) is 5.69 Å². The largest absolute Gasteiger partial charge is 0.463 e. The minimum atomic E-state index is 0.410. The van der Waals surface area contributed by atoms with Crippen LogP contribution in [0.25, 0.3) is 22.5 Å². The Morgan fingerprint density at radius 1 is 1.33 bits per heavy atom. The van der Waals surface area contributed by atoms with Gasteiger partial charge in [-0.15, -0.1) is 10.2 Å². The number of furan rings is 1. The summed E-state index contributed by atoms with van der Waals surface area (Å²) in [5.74, 6) is 1.07. The third-order valence-electron chi connectivity index (χ3n) is 2.13. The fourth-order valence-electron chi connectivity index (χ4n) is 1.39. The molecule has 6 nitrogen and oxygen atoms in total. The Hall–Kier alpha value is -2.37. The zero-order chi connectivity index (χ0) is 10.3. The SMILES string of the molecule is Nc1n[nH]c2nnc(-c3ccco3)cc12. The van der Waals surface area contributed by atoms with E-state index in [9.17, 15) is 0 Å². The summed E-state index contributed by atoms with van der Waals surface area (Å²) in [6.45, 7) is 0. The van der Waals surface area contributed by atoms with Crippen LogP contribution in [0.3, 0.4) is 0 Å². The van der Waals surface area contributed by atoms with E-state index >= 15 is 0 Å². The number of fused-ring (bicyclic) bond motifs is 1. The lowest BCUT2D eigenvalue weighted by atomic mass is 10.2. The van der Waals surface area contributed by atoms with Crippen molar-refractivity contribution in [1.82, 2.24) is 20.4 Å². The molecule has 74 valence electrons. The van der Waals surface area contributed by atoms with Gasteiger partial charge in [-0.2, -0.15) is 5.10 Å². The first kappa shape index (κ1) is 7.98. The van der Waals surface area contributed by atoms with Gasteiger partial charge in [0.15, 0.2) is 17.2 Å². The van der Waals surface area contributed by atoms with E-state index in [0.717, 1.165) is 5.39 Å². The van der Waals surface area contributed by atoms with E-state index in [0.29, 0.717) is 22.9 Å². The standard InChI is InChI=1S/C9H7N5O/c10-8-5-4-6(7-2-1-3-15-7)11-13-9(5)14-12-8/h1-4H,(H3,10,12,13,14). The Bertz CT molecular complexity index is 598. The zero-order valence-corrected chi connectivity index (χ0v) is 7.64. The van der Waals surface area contributed by atoms with Crippen LogP contribution in [-0.2, 0) is 0 Å². The van der Waals surface area contributed by atoms with Gasteiger partial charge in [-0.1, -0.05) is 0 Å². The van der Waals surface area contributed by atoms with E-state index in [1.807, 2.05) is 6.07 Å². The van der Waals surface area contributed by atoms with E-state index in [1.54, 1.807) is 18.4 Å². The summed E-state index contributed by atoms with van der Waals surface area (Å²) in [5.41, 5.74) is 6.87. The molecule has 3 N–H and O–H groups in total. The first-order valence-electron chi connectivity index (χ1n) is 4.36. The summed E-state index contributed by atoms with van der Waals surface area (Å²) in [6.07, 6.45) is 1.58. The van der Waals surface area contributed by atoms with Crippen molar-refractivity contribution in [3.8, 4) is 11.5 Å². The van der Waals surface area contributed by atoms with Crippen molar-refractivity contribution in [1.29, 1.82) is 0 Å². The molecular formula is C9H7N5O. The number of nitrogens with one attached hydrogen (secondary N) is 1. The van der Waals surface area contributed by atoms with Crippen molar-refractivity contribution < 1.29 is 4.42 Å². The number of nitrogen functional groups attached to an aromatic ring is 1. The van der Waals surface area contributed by atoms with Crippen molar-refractivity contribution >= 4 is 16.9 Å². The normalized spacial score (nSPS) is 10.9. The maximum Gasteiger partial charge on any atom is 0.180 e. The minimum absolute atomic E-state index is 0.410. The van der Waals surface area contributed by atoms with E-state index in [2.05, 4.69) is 20.4 Å². The quantitative estimate of drug-likeness (QED) is 0.616. The maximum atomic E-state index is 5.66. The Balaban J connectivity index is 2.25. The molecule has 6 heteroatoms. The number of hydrogen-bond acceptors (Lipinski definition) is 5. The molecule has 3 rings (SSSR count). The zero-order valence-electron chi connectivity index (χ0n) is 7.64. The van der Waals surface area contributed by atoms with Gasteiger partial charge in [0.2, 0.25) is 0 Å². The van der Waals surface area contributed by atoms with Gasteiger partial charge in [-0.25, -0.2) is 0 Å². The molecule has 15 heavy (non-hydrogen) atoms. The summed E-state index contributed by atoms with van der Waals surface area (Å²) in [4.78, 5) is 0. The Labute approximate surface area is 84.1 Å². The second-order valence-corrected chi connectivity index (χ2v) is 3.08. The first-order chi connectivity index (χ1) is 7.34. The van der Waals surface area contributed by atoms with Crippen molar-refractivity contribution in [2.75, 3.05) is 5.73 Å². The van der Waals surface area contributed by atoms with Gasteiger partial charge in [0, 0.05) is 0 Å². The molecule has 3 aromatic heterocycles. The van der Waals surface area contributed by atoms with E-state index in [-0.39, 0.29) is 0 Å². The highest BCUT2D eigenvalue weighted by molar-refractivity contribution is 5.87. The lowest BCUT2D eigenvalue weighted by molar-refractivity contribution is 0.579. The summed E-state index contributed by atoms with van der Waals surface area (Å²) < 4.78 is 5.21. The summed E-state index contributed by atoms with van der Waals surface area (Å²) in [7, 11) is 0. The predicted molar refractivity (Wildman–Crippen MR) is 53.8 cm³/mol. The fourth-order valence-corrected chi connectivity index (χ4v) is 1.39. The van der Waals surface area contributed by atoms with Gasteiger partial charge < -0.3 is 10.2 Å². The highest BCUT2D eigenvalue weighted by atomic mass is 16.3. The number of rotatable bonds is 1. The van der Waals surface area contributed by atoms with Gasteiger partial charge >= 0.3 is 0 Å². The van der Waals surface area contributed by atoms with Crippen LogP contribution in [0.15, 0.2) is 28.9 Å². The second-order valence-electron chi connectivity index (χ2n) is 3.08. The van der Waals surface area contributed by atoms with Crippen molar-refractivity contribution in [2.24, 2.45) is 0 Å². The molecule has 0 aliphatic heterocycles. The number of nitrogens with two attached hydrogens (primary N) is 1. The number of aromatic nitrogens is 4. The molecule has 0 aliphatic rings. The van der Waals surface area contributed by atoms with Crippen LogP contribution in [0.2, 0.25) is 0 Å². The molecule has 0 fully saturated rings. The minimum Gasteiger partial charge on any atom is -0.463 e. The molecule has 3 aromatic rings.